The summed E-state index contributed by atoms with van der Waals surface area (Å²) in [6, 6.07) is 1.57. The zero-order chi connectivity index (χ0) is 14.7. The lowest BCUT2D eigenvalue weighted by Gasteiger charge is -2.08. The van der Waals surface area contributed by atoms with Gasteiger partial charge in [-0.15, -0.1) is 0 Å². The van der Waals surface area contributed by atoms with Crippen LogP contribution in [-0.2, 0) is 11.8 Å². The van der Waals surface area contributed by atoms with Crippen LogP contribution < -0.4 is 11.1 Å². The molecule has 0 radical (unpaired) electrons. The van der Waals surface area contributed by atoms with E-state index in [1.807, 2.05) is 20.2 Å². The molecule has 106 valence electrons. The Morgan fingerprint density at radius 3 is 2.90 bits per heavy atom. The second kappa shape index (κ2) is 5.60. The van der Waals surface area contributed by atoms with Crippen molar-refractivity contribution in [2.24, 2.45) is 7.05 Å². The Morgan fingerprint density at radius 2 is 2.30 bits per heavy atom. The monoisotopic (exact) mass is 275 g/mol. The highest BCUT2D eigenvalue weighted by Gasteiger charge is 2.13. The Bertz CT molecular complexity index is 636. The van der Waals surface area contributed by atoms with Gasteiger partial charge < -0.3 is 15.8 Å². The number of carbonyl (C=O) groups excluding carboxylic acids is 1. The van der Waals surface area contributed by atoms with E-state index in [0.29, 0.717) is 18.0 Å². The molecule has 0 fully saturated rings. The minimum Gasteiger partial charge on any atom is -0.462 e. The van der Waals surface area contributed by atoms with Crippen molar-refractivity contribution in [3.8, 4) is 0 Å². The van der Waals surface area contributed by atoms with Crippen molar-refractivity contribution in [1.29, 1.82) is 0 Å². The highest BCUT2D eigenvalue weighted by molar-refractivity contribution is 5.95. The van der Waals surface area contributed by atoms with Gasteiger partial charge in [-0.3, -0.25) is 4.68 Å². The molecule has 2 heterocycles. The van der Waals surface area contributed by atoms with Crippen molar-refractivity contribution in [2.45, 2.75) is 13.8 Å². The van der Waals surface area contributed by atoms with E-state index < -0.39 is 5.97 Å². The number of nitrogens with one attached hydrogen (secondary N) is 1. The standard InChI is InChI=1S/C13H17N5O2/c1-4-20-13(19)9-5-12(15-6-10(9)14)16-11-7-18(3)17-8(11)2/h5-7H,4,14H2,1-3H3,(H,15,16). The number of aryl methyl sites for hydroxylation is 2. The Labute approximate surface area is 116 Å². The molecule has 0 spiro atoms. The number of nitrogens with zero attached hydrogens (tertiary/aromatic N) is 3. The number of carbonyl (C=O) groups is 1. The van der Waals surface area contributed by atoms with Gasteiger partial charge in [0.25, 0.3) is 0 Å². The van der Waals surface area contributed by atoms with Crippen LogP contribution in [0.3, 0.4) is 0 Å². The molecule has 0 unspecified atom stereocenters. The average Bonchev–Trinajstić information content (AvgIpc) is 2.70. The van der Waals surface area contributed by atoms with Crippen molar-refractivity contribution < 1.29 is 9.53 Å². The fourth-order valence-electron chi connectivity index (χ4n) is 1.78. The van der Waals surface area contributed by atoms with Crippen LogP contribution in [-0.4, -0.2) is 27.3 Å². The lowest BCUT2D eigenvalue weighted by molar-refractivity contribution is 0.0527. The first-order chi connectivity index (χ1) is 9.51. The van der Waals surface area contributed by atoms with Crippen LogP contribution in [0.1, 0.15) is 23.0 Å². The molecule has 0 aliphatic carbocycles. The van der Waals surface area contributed by atoms with Gasteiger partial charge in [-0.2, -0.15) is 5.10 Å². The van der Waals surface area contributed by atoms with Crippen LogP contribution in [0.25, 0.3) is 0 Å². The number of aromatic nitrogens is 3. The van der Waals surface area contributed by atoms with Gasteiger partial charge in [-0.25, -0.2) is 9.78 Å². The summed E-state index contributed by atoms with van der Waals surface area (Å²) in [4.78, 5) is 15.9. The Hall–Kier alpha value is -2.57. The van der Waals surface area contributed by atoms with Gasteiger partial charge >= 0.3 is 5.97 Å². The molecule has 0 aliphatic heterocycles. The summed E-state index contributed by atoms with van der Waals surface area (Å²) in [5.74, 6) is 0.0525. The maximum Gasteiger partial charge on any atom is 0.340 e. The SMILES string of the molecule is CCOC(=O)c1cc(Nc2cn(C)nc2C)ncc1N. The molecule has 2 aromatic heterocycles. The maximum atomic E-state index is 11.8. The predicted octanol–water partition coefficient (Wildman–Crippen LogP) is 1.63. The van der Waals surface area contributed by atoms with Gasteiger partial charge in [-0.05, 0) is 19.9 Å². The van der Waals surface area contributed by atoms with Crippen LogP contribution >= 0.6 is 0 Å². The van der Waals surface area contributed by atoms with E-state index in [0.717, 1.165) is 11.4 Å². The number of nitrogen functional groups attached to an aromatic ring is 1. The van der Waals surface area contributed by atoms with Crippen LogP contribution in [0.15, 0.2) is 18.5 Å². The Balaban J connectivity index is 2.27. The maximum absolute atomic E-state index is 11.8. The Kier molecular flexibility index (Phi) is 3.88. The first-order valence-electron chi connectivity index (χ1n) is 6.21. The van der Waals surface area contributed by atoms with E-state index in [1.54, 1.807) is 17.7 Å². The number of pyridine rings is 1. The molecule has 3 N–H and O–H groups in total. The van der Waals surface area contributed by atoms with E-state index in [-0.39, 0.29) is 5.69 Å². The second-order valence-electron chi connectivity index (χ2n) is 4.30. The van der Waals surface area contributed by atoms with E-state index in [9.17, 15) is 4.79 Å². The molecule has 2 rings (SSSR count). The molecule has 0 bridgehead atoms. The fraction of sp³-hybridized carbons (Fsp3) is 0.308. The van der Waals surface area contributed by atoms with Gasteiger partial charge in [0, 0.05) is 13.2 Å². The number of ether oxygens (including phenoxy) is 1. The summed E-state index contributed by atoms with van der Waals surface area (Å²) in [7, 11) is 1.83. The largest absolute Gasteiger partial charge is 0.462 e. The number of esters is 1. The van der Waals surface area contributed by atoms with Crippen molar-refractivity contribution in [3.05, 3.63) is 29.7 Å². The van der Waals surface area contributed by atoms with Crippen molar-refractivity contribution in [3.63, 3.8) is 0 Å². The first-order valence-corrected chi connectivity index (χ1v) is 6.21. The van der Waals surface area contributed by atoms with Crippen LogP contribution in [0, 0.1) is 6.92 Å². The third-order valence-corrected chi connectivity index (χ3v) is 2.71. The fourth-order valence-corrected chi connectivity index (χ4v) is 1.78. The molecule has 2 aromatic rings. The number of nitrogens with two attached hydrogens (primary N) is 1. The van der Waals surface area contributed by atoms with Gasteiger partial charge in [-0.1, -0.05) is 0 Å². The molecule has 7 nitrogen and oxygen atoms in total. The molecule has 0 aromatic carbocycles. The number of hydrogen-bond acceptors (Lipinski definition) is 6. The average molecular weight is 275 g/mol. The minimum absolute atomic E-state index is 0.289. The Morgan fingerprint density at radius 1 is 1.55 bits per heavy atom. The van der Waals surface area contributed by atoms with Crippen molar-refractivity contribution in [1.82, 2.24) is 14.8 Å². The number of hydrogen-bond donors (Lipinski definition) is 2. The second-order valence-corrected chi connectivity index (χ2v) is 4.30. The number of anilines is 3. The lowest BCUT2D eigenvalue weighted by Crippen LogP contribution is -2.09. The van der Waals surface area contributed by atoms with Crippen molar-refractivity contribution >= 4 is 23.2 Å². The quantitative estimate of drug-likeness (QED) is 0.823. The van der Waals surface area contributed by atoms with Gasteiger partial charge in [0.05, 0.1) is 35.4 Å². The van der Waals surface area contributed by atoms with Crippen LogP contribution in [0.5, 0.6) is 0 Å². The minimum atomic E-state index is -0.460. The molecular formula is C13H17N5O2. The van der Waals surface area contributed by atoms with Gasteiger partial charge in [0.2, 0.25) is 0 Å². The molecule has 0 saturated carbocycles. The zero-order valence-corrected chi connectivity index (χ0v) is 11.7. The van der Waals surface area contributed by atoms with E-state index in [2.05, 4.69) is 15.4 Å². The molecular weight excluding hydrogens is 258 g/mol. The predicted molar refractivity (Wildman–Crippen MR) is 75.8 cm³/mol. The first kappa shape index (κ1) is 13.9. The summed E-state index contributed by atoms with van der Waals surface area (Å²) in [6.07, 6.45) is 3.26. The van der Waals surface area contributed by atoms with Gasteiger partial charge in [0.1, 0.15) is 5.82 Å². The van der Waals surface area contributed by atoms with Crippen molar-refractivity contribution in [2.75, 3.05) is 17.7 Å². The highest BCUT2D eigenvalue weighted by atomic mass is 16.5. The topological polar surface area (TPSA) is 95.1 Å². The summed E-state index contributed by atoms with van der Waals surface area (Å²) < 4.78 is 6.65. The molecule has 7 heteroatoms. The molecule has 0 aliphatic rings. The zero-order valence-electron chi connectivity index (χ0n) is 11.7. The lowest BCUT2D eigenvalue weighted by atomic mass is 10.2. The molecule has 0 atom stereocenters. The third-order valence-electron chi connectivity index (χ3n) is 2.71. The summed E-state index contributed by atoms with van der Waals surface area (Å²) >= 11 is 0. The summed E-state index contributed by atoms with van der Waals surface area (Å²) in [5.41, 5.74) is 7.98. The summed E-state index contributed by atoms with van der Waals surface area (Å²) in [6.45, 7) is 3.92. The van der Waals surface area contributed by atoms with E-state index in [1.165, 1.54) is 6.20 Å². The smallest absolute Gasteiger partial charge is 0.340 e. The molecule has 0 amide bonds. The third kappa shape index (κ3) is 2.87. The highest BCUT2D eigenvalue weighted by Crippen LogP contribution is 2.21. The number of rotatable bonds is 4. The van der Waals surface area contributed by atoms with E-state index in [4.69, 9.17) is 10.5 Å². The normalized spacial score (nSPS) is 10.3. The van der Waals surface area contributed by atoms with Crippen LogP contribution in [0.4, 0.5) is 17.2 Å². The molecule has 20 heavy (non-hydrogen) atoms. The van der Waals surface area contributed by atoms with Crippen LogP contribution in [0.2, 0.25) is 0 Å². The summed E-state index contributed by atoms with van der Waals surface area (Å²) in [5, 5.41) is 7.32. The molecule has 0 saturated heterocycles. The van der Waals surface area contributed by atoms with E-state index >= 15 is 0 Å². The van der Waals surface area contributed by atoms with Gasteiger partial charge in [0.15, 0.2) is 0 Å².